The SMILES string of the molecule is Cn1cc(-n2ccc(=O)c(Cc3cccc(-c4ncc([C@@]5(O)CCN(C(=O)O)C[C@@H]5O)cn4)c3)n2)cn1. The maximum Gasteiger partial charge on any atom is 0.407 e. The number of aromatic nitrogens is 6. The highest BCUT2D eigenvalue weighted by Gasteiger charge is 2.43. The molecule has 0 bridgehead atoms. The van der Waals surface area contributed by atoms with Crippen LogP contribution in [0.4, 0.5) is 4.79 Å². The quantitative estimate of drug-likeness (QED) is 0.360. The van der Waals surface area contributed by atoms with E-state index in [0.717, 1.165) is 16.2 Å². The Balaban J connectivity index is 1.36. The Bertz CT molecular complexity index is 1500. The Morgan fingerprint density at radius 1 is 1.19 bits per heavy atom. The molecule has 2 atom stereocenters. The largest absolute Gasteiger partial charge is 0.465 e. The summed E-state index contributed by atoms with van der Waals surface area (Å²) in [5.41, 5.74) is 1.17. The van der Waals surface area contributed by atoms with Gasteiger partial charge in [-0.25, -0.2) is 19.4 Å². The summed E-state index contributed by atoms with van der Waals surface area (Å²) in [6.45, 7) is -0.117. The Hall–Kier alpha value is -4.42. The minimum absolute atomic E-state index is 0.0271. The van der Waals surface area contributed by atoms with Crippen LogP contribution in [0.5, 0.6) is 0 Å². The van der Waals surface area contributed by atoms with Gasteiger partial charge in [0.05, 0.1) is 18.9 Å². The summed E-state index contributed by atoms with van der Waals surface area (Å²) >= 11 is 0. The van der Waals surface area contributed by atoms with Crippen LogP contribution in [0.15, 0.2) is 66.1 Å². The van der Waals surface area contributed by atoms with Crippen molar-refractivity contribution in [2.24, 2.45) is 7.05 Å². The van der Waals surface area contributed by atoms with Gasteiger partial charge in [0.1, 0.15) is 23.1 Å². The average Bonchev–Trinajstić information content (AvgIpc) is 3.33. The number of hydrogen-bond acceptors (Lipinski definition) is 8. The van der Waals surface area contributed by atoms with E-state index in [1.54, 1.807) is 35.0 Å². The Morgan fingerprint density at radius 2 is 1.97 bits per heavy atom. The molecular formula is C25H25N7O5. The zero-order valence-corrected chi connectivity index (χ0v) is 20.0. The summed E-state index contributed by atoms with van der Waals surface area (Å²) in [6.07, 6.45) is 5.84. The summed E-state index contributed by atoms with van der Waals surface area (Å²) in [4.78, 5) is 33.5. The average molecular weight is 504 g/mol. The first kappa shape index (κ1) is 24.3. The number of hydrogen-bond donors (Lipinski definition) is 3. The van der Waals surface area contributed by atoms with Crippen molar-refractivity contribution in [2.45, 2.75) is 24.5 Å². The van der Waals surface area contributed by atoms with Gasteiger partial charge in [-0.2, -0.15) is 10.2 Å². The molecule has 1 aliphatic heterocycles. The minimum atomic E-state index is -1.64. The molecule has 12 heteroatoms. The molecule has 37 heavy (non-hydrogen) atoms. The van der Waals surface area contributed by atoms with Crippen molar-refractivity contribution in [3.63, 3.8) is 0 Å². The van der Waals surface area contributed by atoms with E-state index in [4.69, 9.17) is 5.11 Å². The van der Waals surface area contributed by atoms with Crippen molar-refractivity contribution in [3.05, 3.63) is 88.4 Å². The lowest BCUT2D eigenvalue weighted by Gasteiger charge is -2.40. The van der Waals surface area contributed by atoms with Gasteiger partial charge < -0.3 is 20.2 Å². The second-order valence-corrected chi connectivity index (χ2v) is 9.03. The van der Waals surface area contributed by atoms with Gasteiger partial charge in [0.25, 0.3) is 0 Å². The molecule has 1 saturated heterocycles. The van der Waals surface area contributed by atoms with E-state index in [-0.39, 0.29) is 24.9 Å². The molecule has 0 aliphatic carbocycles. The number of aliphatic hydroxyl groups excluding tert-OH is 1. The van der Waals surface area contributed by atoms with Crippen molar-refractivity contribution in [1.29, 1.82) is 0 Å². The van der Waals surface area contributed by atoms with Gasteiger partial charge in [-0.15, -0.1) is 0 Å². The van der Waals surface area contributed by atoms with Gasteiger partial charge in [-0.1, -0.05) is 18.2 Å². The fourth-order valence-electron chi connectivity index (χ4n) is 4.39. The molecular weight excluding hydrogens is 478 g/mol. The van der Waals surface area contributed by atoms with Crippen molar-refractivity contribution in [3.8, 4) is 17.1 Å². The lowest BCUT2D eigenvalue weighted by atomic mass is 9.83. The van der Waals surface area contributed by atoms with Crippen LogP contribution >= 0.6 is 0 Å². The van der Waals surface area contributed by atoms with Gasteiger partial charge in [0.2, 0.25) is 5.43 Å². The van der Waals surface area contributed by atoms with Crippen molar-refractivity contribution in [1.82, 2.24) is 34.4 Å². The molecule has 1 aliphatic rings. The fraction of sp³-hybridized carbons (Fsp3) is 0.280. The van der Waals surface area contributed by atoms with Crippen LogP contribution < -0.4 is 5.43 Å². The molecule has 0 saturated carbocycles. The number of benzene rings is 1. The van der Waals surface area contributed by atoms with E-state index in [1.165, 1.54) is 18.5 Å². The van der Waals surface area contributed by atoms with Gasteiger partial charge in [0.15, 0.2) is 5.82 Å². The number of carbonyl (C=O) groups is 1. The van der Waals surface area contributed by atoms with E-state index in [9.17, 15) is 19.8 Å². The van der Waals surface area contributed by atoms with Crippen LogP contribution in [0.2, 0.25) is 0 Å². The predicted octanol–water partition coefficient (Wildman–Crippen LogP) is 0.946. The molecule has 1 amide bonds. The molecule has 3 N–H and O–H groups in total. The molecule has 12 nitrogen and oxygen atoms in total. The minimum Gasteiger partial charge on any atom is -0.465 e. The molecule has 0 unspecified atom stereocenters. The van der Waals surface area contributed by atoms with Crippen LogP contribution in [0.1, 0.15) is 23.2 Å². The topological polar surface area (TPSA) is 159 Å². The Kier molecular flexibility index (Phi) is 6.27. The normalized spacial score (nSPS) is 19.6. The third-order valence-corrected chi connectivity index (χ3v) is 6.52. The highest BCUT2D eigenvalue weighted by Crippen LogP contribution is 2.33. The standard InChI is InChI=1S/C25H25N7O5/c1-30-14-19(13-28-30)32-7-5-21(33)20(29-32)10-16-3-2-4-17(9-16)23-26-11-18(12-27-23)25(37)6-8-31(24(35)36)15-22(25)34/h2-5,7,9,11-14,22,34,37H,6,8,10,15H2,1H3,(H,35,36)/t22-,25-/m0/s1. The van der Waals surface area contributed by atoms with Gasteiger partial charge in [0, 0.05) is 62.2 Å². The third kappa shape index (κ3) is 4.84. The molecule has 4 heterocycles. The predicted molar refractivity (Wildman–Crippen MR) is 131 cm³/mol. The number of likely N-dealkylation sites (tertiary alicyclic amines) is 1. The number of β-amino-alcohol motifs (C(OH)–C–C–N with tert-alkyl or cyclic N) is 1. The zero-order valence-electron chi connectivity index (χ0n) is 20.0. The van der Waals surface area contributed by atoms with Crippen molar-refractivity contribution in [2.75, 3.05) is 13.1 Å². The summed E-state index contributed by atoms with van der Waals surface area (Å²) in [7, 11) is 1.80. The Morgan fingerprint density at radius 3 is 2.65 bits per heavy atom. The van der Waals surface area contributed by atoms with Crippen molar-refractivity contribution >= 4 is 6.09 Å². The number of amides is 1. The van der Waals surface area contributed by atoms with Crippen LogP contribution in [-0.4, -0.2) is 75.0 Å². The maximum absolute atomic E-state index is 12.5. The summed E-state index contributed by atoms with van der Waals surface area (Å²) in [5, 5.41) is 39.2. The van der Waals surface area contributed by atoms with Crippen LogP contribution in [-0.2, 0) is 19.1 Å². The van der Waals surface area contributed by atoms with E-state index in [0.29, 0.717) is 29.1 Å². The molecule has 1 aromatic carbocycles. The first-order valence-electron chi connectivity index (χ1n) is 11.6. The molecule has 0 radical (unpaired) electrons. The lowest BCUT2D eigenvalue weighted by Crippen LogP contribution is -2.54. The molecule has 3 aromatic heterocycles. The Labute approximate surface area is 211 Å². The number of carboxylic acid groups (broad SMARTS) is 1. The number of nitrogens with zero attached hydrogens (tertiary/aromatic N) is 7. The molecule has 5 rings (SSSR count). The molecule has 1 fully saturated rings. The van der Waals surface area contributed by atoms with Crippen LogP contribution in [0.25, 0.3) is 17.1 Å². The monoisotopic (exact) mass is 503 g/mol. The lowest BCUT2D eigenvalue weighted by molar-refractivity contribution is -0.119. The third-order valence-electron chi connectivity index (χ3n) is 6.52. The number of aliphatic hydroxyl groups is 2. The summed E-state index contributed by atoms with van der Waals surface area (Å²) < 4.78 is 3.26. The van der Waals surface area contributed by atoms with E-state index < -0.39 is 17.8 Å². The second-order valence-electron chi connectivity index (χ2n) is 9.03. The van der Waals surface area contributed by atoms with E-state index in [1.807, 2.05) is 24.3 Å². The van der Waals surface area contributed by atoms with Crippen LogP contribution in [0.3, 0.4) is 0 Å². The van der Waals surface area contributed by atoms with Gasteiger partial charge >= 0.3 is 6.09 Å². The molecule has 4 aromatic rings. The van der Waals surface area contributed by atoms with Gasteiger partial charge in [-0.3, -0.25) is 9.48 Å². The smallest absolute Gasteiger partial charge is 0.407 e. The van der Waals surface area contributed by atoms with Crippen LogP contribution in [0, 0.1) is 0 Å². The molecule has 190 valence electrons. The first-order valence-corrected chi connectivity index (χ1v) is 11.6. The highest BCUT2D eigenvalue weighted by molar-refractivity contribution is 5.65. The zero-order chi connectivity index (χ0) is 26.2. The first-order chi connectivity index (χ1) is 17.7. The van der Waals surface area contributed by atoms with Gasteiger partial charge in [-0.05, 0) is 11.6 Å². The van der Waals surface area contributed by atoms with E-state index in [2.05, 4.69) is 20.2 Å². The number of aryl methyl sites for hydroxylation is 1. The molecule has 0 spiro atoms. The summed E-state index contributed by atoms with van der Waals surface area (Å²) in [6, 6.07) is 8.90. The maximum atomic E-state index is 12.5. The van der Waals surface area contributed by atoms with Crippen molar-refractivity contribution < 1.29 is 20.1 Å². The highest BCUT2D eigenvalue weighted by atomic mass is 16.4. The number of piperidine rings is 1. The fourth-order valence-corrected chi connectivity index (χ4v) is 4.39. The number of rotatable bonds is 5. The summed E-state index contributed by atoms with van der Waals surface area (Å²) in [5.74, 6) is 0.403. The van der Waals surface area contributed by atoms with E-state index >= 15 is 0 Å². The second kappa shape index (κ2) is 9.56.